The van der Waals surface area contributed by atoms with Crippen LogP contribution in [0.15, 0.2) is 28.7 Å². The summed E-state index contributed by atoms with van der Waals surface area (Å²) in [7, 11) is 0. The molecule has 1 aliphatic rings. The van der Waals surface area contributed by atoms with Gasteiger partial charge >= 0.3 is 0 Å². The number of hydrogen-bond acceptors (Lipinski definition) is 1. The van der Waals surface area contributed by atoms with E-state index in [0.29, 0.717) is 0 Å². The van der Waals surface area contributed by atoms with Crippen molar-refractivity contribution in [3.63, 3.8) is 0 Å². The maximum Gasteiger partial charge on any atom is 0.0246 e. The molecule has 1 aromatic carbocycles. The summed E-state index contributed by atoms with van der Waals surface area (Å²) in [5, 5.41) is 0. The third-order valence-electron chi connectivity index (χ3n) is 4.21. The minimum Gasteiger partial charge on any atom is -0.324 e. The lowest BCUT2D eigenvalue weighted by molar-refractivity contribution is 0.207. The second kappa shape index (κ2) is 4.15. The predicted octanol–water partition coefficient (Wildman–Crippen LogP) is 3.90. The van der Waals surface area contributed by atoms with Crippen molar-refractivity contribution < 1.29 is 0 Å². The Bertz CT molecular complexity index is 369. The largest absolute Gasteiger partial charge is 0.324 e. The van der Waals surface area contributed by atoms with Crippen LogP contribution in [0.1, 0.15) is 38.7 Å². The standard InChI is InChI=1S/C14H20BrN/c1-13(2)8-3-9-14(13,16)10-11-4-6-12(15)7-5-11/h4-7H,3,8-10,16H2,1-2H3. The molecular weight excluding hydrogens is 262 g/mol. The topological polar surface area (TPSA) is 26.0 Å². The fourth-order valence-electron chi connectivity index (χ4n) is 2.73. The van der Waals surface area contributed by atoms with E-state index >= 15 is 0 Å². The van der Waals surface area contributed by atoms with Crippen molar-refractivity contribution in [3.05, 3.63) is 34.3 Å². The average Bonchev–Trinajstić information content (AvgIpc) is 2.45. The van der Waals surface area contributed by atoms with Crippen LogP contribution in [0.25, 0.3) is 0 Å². The van der Waals surface area contributed by atoms with E-state index in [-0.39, 0.29) is 11.0 Å². The van der Waals surface area contributed by atoms with Crippen LogP contribution in [-0.4, -0.2) is 5.54 Å². The van der Waals surface area contributed by atoms with E-state index < -0.39 is 0 Å². The lowest BCUT2D eigenvalue weighted by Crippen LogP contribution is -2.50. The van der Waals surface area contributed by atoms with Crippen LogP contribution in [0.4, 0.5) is 0 Å². The fraction of sp³-hybridized carbons (Fsp3) is 0.571. The van der Waals surface area contributed by atoms with E-state index in [1.807, 2.05) is 0 Å². The summed E-state index contributed by atoms with van der Waals surface area (Å²) in [4.78, 5) is 0. The Kier molecular flexibility index (Phi) is 3.15. The lowest BCUT2D eigenvalue weighted by atomic mass is 9.72. The van der Waals surface area contributed by atoms with E-state index in [4.69, 9.17) is 5.73 Å². The van der Waals surface area contributed by atoms with Gasteiger partial charge in [0.2, 0.25) is 0 Å². The Morgan fingerprint density at radius 2 is 1.81 bits per heavy atom. The smallest absolute Gasteiger partial charge is 0.0246 e. The second-order valence-electron chi connectivity index (χ2n) is 5.70. The van der Waals surface area contributed by atoms with Crippen molar-refractivity contribution in [2.45, 2.75) is 45.1 Å². The van der Waals surface area contributed by atoms with E-state index in [1.54, 1.807) is 0 Å². The molecule has 1 saturated carbocycles. The van der Waals surface area contributed by atoms with Crippen molar-refractivity contribution in [1.82, 2.24) is 0 Å². The second-order valence-corrected chi connectivity index (χ2v) is 6.61. The van der Waals surface area contributed by atoms with Crippen molar-refractivity contribution in [2.75, 3.05) is 0 Å². The van der Waals surface area contributed by atoms with Gasteiger partial charge in [-0.25, -0.2) is 0 Å². The first-order chi connectivity index (χ1) is 7.43. The first-order valence-corrected chi connectivity index (χ1v) is 6.76. The highest BCUT2D eigenvalue weighted by Crippen LogP contribution is 2.45. The lowest BCUT2D eigenvalue weighted by Gasteiger charge is -2.38. The average molecular weight is 282 g/mol. The van der Waals surface area contributed by atoms with Crippen LogP contribution >= 0.6 is 15.9 Å². The van der Waals surface area contributed by atoms with Crippen molar-refractivity contribution in [3.8, 4) is 0 Å². The highest BCUT2D eigenvalue weighted by atomic mass is 79.9. The molecule has 2 heteroatoms. The quantitative estimate of drug-likeness (QED) is 0.874. The first-order valence-electron chi connectivity index (χ1n) is 5.96. The summed E-state index contributed by atoms with van der Waals surface area (Å²) in [6, 6.07) is 8.54. The van der Waals surface area contributed by atoms with Gasteiger partial charge in [-0.1, -0.05) is 48.3 Å². The number of benzene rings is 1. The van der Waals surface area contributed by atoms with Crippen molar-refractivity contribution in [1.29, 1.82) is 0 Å². The summed E-state index contributed by atoms with van der Waals surface area (Å²) < 4.78 is 1.13. The molecule has 16 heavy (non-hydrogen) atoms. The molecule has 0 aromatic heterocycles. The van der Waals surface area contributed by atoms with Gasteiger partial charge in [0.05, 0.1) is 0 Å². The van der Waals surface area contributed by atoms with Gasteiger partial charge in [0.1, 0.15) is 0 Å². The van der Waals surface area contributed by atoms with Crippen LogP contribution in [0.5, 0.6) is 0 Å². The highest BCUT2D eigenvalue weighted by molar-refractivity contribution is 9.10. The predicted molar refractivity (Wildman–Crippen MR) is 72.4 cm³/mol. The van der Waals surface area contributed by atoms with Crippen molar-refractivity contribution in [2.24, 2.45) is 11.1 Å². The van der Waals surface area contributed by atoms with Gasteiger partial charge in [-0.2, -0.15) is 0 Å². The number of nitrogens with two attached hydrogens (primary N) is 1. The monoisotopic (exact) mass is 281 g/mol. The fourth-order valence-corrected chi connectivity index (χ4v) is 2.99. The molecule has 0 bridgehead atoms. The van der Waals surface area contributed by atoms with E-state index in [0.717, 1.165) is 17.3 Å². The normalized spacial score (nSPS) is 28.2. The summed E-state index contributed by atoms with van der Waals surface area (Å²) in [5.74, 6) is 0. The van der Waals surface area contributed by atoms with Gasteiger partial charge in [-0.3, -0.25) is 0 Å². The Morgan fingerprint density at radius 1 is 1.19 bits per heavy atom. The van der Waals surface area contributed by atoms with E-state index in [2.05, 4.69) is 54.0 Å². The molecule has 88 valence electrons. The van der Waals surface area contributed by atoms with Gasteiger partial charge in [0, 0.05) is 10.0 Å². The molecule has 1 aliphatic carbocycles. The van der Waals surface area contributed by atoms with Gasteiger partial charge in [-0.15, -0.1) is 0 Å². The van der Waals surface area contributed by atoms with E-state index in [9.17, 15) is 0 Å². The molecule has 0 heterocycles. The van der Waals surface area contributed by atoms with Gasteiger partial charge in [0.15, 0.2) is 0 Å². The maximum atomic E-state index is 6.60. The molecule has 0 saturated heterocycles. The number of hydrogen-bond donors (Lipinski definition) is 1. The molecular formula is C14H20BrN. The number of rotatable bonds is 2. The molecule has 1 unspecified atom stereocenters. The van der Waals surface area contributed by atoms with Crippen LogP contribution in [0, 0.1) is 5.41 Å². The van der Waals surface area contributed by atoms with Crippen LogP contribution in [-0.2, 0) is 6.42 Å². The molecule has 1 aromatic rings. The van der Waals surface area contributed by atoms with E-state index in [1.165, 1.54) is 18.4 Å². The zero-order valence-electron chi connectivity index (χ0n) is 10.1. The number of halogens is 1. The Hall–Kier alpha value is -0.340. The molecule has 1 atom stereocenters. The van der Waals surface area contributed by atoms with Gasteiger partial charge in [-0.05, 0) is 42.4 Å². The molecule has 0 radical (unpaired) electrons. The molecule has 0 amide bonds. The minimum atomic E-state index is -0.0270. The highest BCUT2D eigenvalue weighted by Gasteiger charge is 2.45. The summed E-state index contributed by atoms with van der Waals surface area (Å²) >= 11 is 3.46. The molecule has 0 spiro atoms. The van der Waals surface area contributed by atoms with Crippen LogP contribution in [0.3, 0.4) is 0 Å². The zero-order valence-corrected chi connectivity index (χ0v) is 11.7. The van der Waals surface area contributed by atoms with Crippen LogP contribution < -0.4 is 5.73 Å². The van der Waals surface area contributed by atoms with Crippen molar-refractivity contribution >= 4 is 15.9 Å². The Balaban J connectivity index is 2.18. The summed E-state index contributed by atoms with van der Waals surface area (Å²) in [6.07, 6.45) is 4.66. The molecule has 1 fully saturated rings. The third-order valence-corrected chi connectivity index (χ3v) is 4.73. The van der Waals surface area contributed by atoms with Crippen LogP contribution in [0.2, 0.25) is 0 Å². The minimum absolute atomic E-state index is 0.0270. The summed E-state index contributed by atoms with van der Waals surface area (Å²) in [5.41, 5.74) is 8.18. The van der Waals surface area contributed by atoms with Gasteiger partial charge in [0.25, 0.3) is 0 Å². The maximum absolute atomic E-state index is 6.60. The third kappa shape index (κ3) is 2.18. The first kappa shape index (κ1) is 12.1. The molecule has 2 rings (SSSR count). The molecule has 0 aliphatic heterocycles. The molecule has 2 N–H and O–H groups in total. The SMILES string of the molecule is CC1(C)CCCC1(N)Cc1ccc(Br)cc1. The Morgan fingerprint density at radius 3 is 2.31 bits per heavy atom. The molecule has 1 nitrogen and oxygen atoms in total. The Labute approximate surface area is 107 Å². The van der Waals surface area contributed by atoms with Gasteiger partial charge < -0.3 is 5.73 Å². The zero-order chi connectivity index (χ0) is 11.8. The summed E-state index contributed by atoms with van der Waals surface area (Å²) in [6.45, 7) is 4.61.